The summed E-state index contributed by atoms with van der Waals surface area (Å²) in [6.45, 7) is 1.90. The Hall–Kier alpha value is -2.44. The zero-order chi connectivity index (χ0) is 18.7. The minimum atomic E-state index is -0.848. The number of rotatable bonds is 4. The van der Waals surface area contributed by atoms with E-state index >= 15 is 0 Å². The molecule has 0 spiro atoms. The predicted molar refractivity (Wildman–Crippen MR) is 95.9 cm³/mol. The van der Waals surface area contributed by atoms with Gasteiger partial charge in [0.25, 0.3) is 5.91 Å². The maximum absolute atomic E-state index is 12.8. The molecule has 1 fully saturated rings. The highest BCUT2D eigenvalue weighted by Crippen LogP contribution is 2.34. The first kappa shape index (κ1) is 18.4. The quantitative estimate of drug-likeness (QED) is 0.863. The van der Waals surface area contributed by atoms with Gasteiger partial charge < -0.3 is 19.5 Å². The van der Waals surface area contributed by atoms with Crippen LogP contribution in [0.5, 0.6) is 0 Å². The number of piperidine rings is 1. The zero-order valence-corrected chi connectivity index (χ0v) is 14.7. The van der Waals surface area contributed by atoms with E-state index in [1.807, 2.05) is 30.3 Å². The van der Waals surface area contributed by atoms with Crippen molar-refractivity contribution in [2.75, 3.05) is 19.7 Å². The van der Waals surface area contributed by atoms with Crippen molar-refractivity contribution in [3.05, 3.63) is 69.8 Å². The highest BCUT2D eigenvalue weighted by Gasteiger charge is 2.44. The van der Waals surface area contributed by atoms with Crippen LogP contribution in [0.1, 0.15) is 28.3 Å². The van der Waals surface area contributed by atoms with E-state index in [2.05, 4.69) is 0 Å². The first-order valence-corrected chi connectivity index (χ1v) is 8.67. The topological polar surface area (TPSA) is 91.0 Å². The molecule has 2 aromatic rings. The van der Waals surface area contributed by atoms with Gasteiger partial charge in [-0.3, -0.25) is 9.59 Å². The minimum Gasteiger partial charge on any atom is -0.456 e. The number of likely N-dealkylation sites (tertiary alicyclic amines) is 1. The van der Waals surface area contributed by atoms with Crippen molar-refractivity contribution in [2.45, 2.75) is 25.9 Å². The summed E-state index contributed by atoms with van der Waals surface area (Å²) in [5, 5.41) is 20.6. The molecule has 6 heteroatoms. The Bertz CT molecular complexity index is 832. The predicted octanol–water partition coefficient (Wildman–Crippen LogP) is 1.38. The third-order valence-corrected chi connectivity index (χ3v) is 4.99. The van der Waals surface area contributed by atoms with Gasteiger partial charge in [-0.1, -0.05) is 30.3 Å². The summed E-state index contributed by atoms with van der Waals surface area (Å²) in [6.07, 6.45) is 0.0867. The molecule has 0 unspecified atom stereocenters. The molecule has 138 valence electrons. The van der Waals surface area contributed by atoms with E-state index in [0.717, 1.165) is 5.56 Å². The van der Waals surface area contributed by atoms with Crippen LogP contribution in [-0.4, -0.2) is 46.8 Å². The van der Waals surface area contributed by atoms with E-state index in [9.17, 15) is 19.8 Å². The van der Waals surface area contributed by atoms with E-state index < -0.39 is 17.4 Å². The van der Waals surface area contributed by atoms with Gasteiger partial charge in [0.05, 0.1) is 12.7 Å². The molecule has 0 aliphatic carbocycles. The lowest BCUT2D eigenvalue weighted by atomic mass is 9.73. The molecule has 1 aliphatic heterocycles. The van der Waals surface area contributed by atoms with E-state index in [4.69, 9.17) is 4.42 Å². The maximum atomic E-state index is 12.8. The van der Waals surface area contributed by atoms with E-state index in [-0.39, 0.29) is 24.3 Å². The van der Waals surface area contributed by atoms with Gasteiger partial charge in [-0.2, -0.15) is 0 Å². The first-order chi connectivity index (χ1) is 12.4. The van der Waals surface area contributed by atoms with Gasteiger partial charge in [0.15, 0.2) is 11.2 Å². The molecule has 0 bridgehead atoms. The summed E-state index contributed by atoms with van der Waals surface area (Å²) < 4.78 is 5.40. The second kappa shape index (κ2) is 7.43. The number of nitrogens with zero attached hydrogens (tertiary/aromatic N) is 1. The van der Waals surface area contributed by atoms with Crippen molar-refractivity contribution in [2.24, 2.45) is 5.41 Å². The Morgan fingerprint density at radius 2 is 2.04 bits per heavy atom. The van der Waals surface area contributed by atoms with Gasteiger partial charge in [0.2, 0.25) is 0 Å². The summed E-state index contributed by atoms with van der Waals surface area (Å²) in [5.41, 5.74) is -0.150. The lowest BCUT2D eigenvalue weighted by Crippen LogP contribution is -2.56. The van der Waals surface area contributed by atoms with E-state index in [0.29, 0.717) is 25.1 Å². The SMILES string of the molecule is Cc1cc(=O)cc(C(=O)N2CC[C@H](O)[C@](CO)(Cc3ccccc3)C2)o1. The van der Waals surface area contributed by atoms with E-state index in [1.54, 1.807) is 11.8 Å². The van der Waals surface area contributed by atoms with Crippen molar-refractivity contribution < 1.29 is 19.4 Å². The number of benzene rings is 1. The average molecular weight is 357 g/mol. The van der Waals surface area contributed by atoms with Crippen LogP contribution >= 0.6 is 0 Å². The highest BCUT2D eigenvalue weighted by molar-refractivity contribution is 5.91. The Balaban J connectivity index is 1.86. The number of hydrogen-bond donors (Lipinski definition) is 2. The van der Waals surface area contributed by atoms with Gasteiger partial charge >= 0.3 is 0 Å². The molecule has 1 aromatic heterocycles. The second-order valence-electron chi connectivity index (χ2n) is 6.98. The Morgan fingerprint density at radius 3 is 2.69 bits per heavy atom. The van der Waals surface area contributed by atoms with Gasteiger partial charge in [0, 0.05) is 30.6 Å². The molecule has 2 heterocycles. The molecule has 1 aromatic carbocycles. The van der Waals surface area contributed by atoms with Crippen LogP contribution in [0.15, 0.2) is 51.7 Å². The van der Waals surface area contributed by atoms with Crippen LogP contribution < -0.4 is 5.43 Å². The normalized spacial score (nSPS) is 23.0. The molecule has 1 aliphatic rings. The third kappa shape index (κ3) is 3.71. The van der Waals surface area contributed by atoms with Crippen LogP contribution in [0.25, 0.3) is 0 Å². The zero-order valence-electron chi connectivity index (χ0n) is 14.7. The fourth-order valence-electron chi connectivity index (χ4n) is 3.57. The molecule has 26 heavy (non-hydrogen) atoms. The van der Waals surface area contributed by atoms with Crippen molar-refractivity contribution in [1.82, 2.24) is 4.90 Å². The Morgan fingerprint density at radius 1 is 1.31 bits per heavy atom. The van der Waals surface area contributed by atoms with Crippen LogP contribution in [0.3, 0.4) is 0 Å². The second-order valence-corrected chi connectivity index (χ2v) is 6.98. The Kier molecular flexibility index (Phi) is 5.25. The first-order valence-electron chi connectivity index (χ1n) is 8.67. The van der Waals surface area contributed by atoms with E-state index in [1.165, 1.54) is 12.1 Å². The largest absolute Gasteiger partial charge is 0.456 e. The van der Waals surface area contributed by atoms with Gasteiger partial charge in [-0.15, -0.1) is 0 Å². The van der Waals surface area contributed by atoms with Crippen molar-refractivity contribution in [1.29, 1.82) is 0 Å². The lowest BCUT2D eigenvalue weighted by molar-refractivity contribution is -0.0673. The number of aryl methyl sites for hydroxylation is 1. The molecule has 1 saturated heterocycles. The molecule has 2 atom stereocenters. The fraction of sp³-hybridized carbons (Fsp3) is 0.400. The number of carbonyl (C=O) groups is 1. The standard InChI is InChI=1S/C20H23NO5/c1-14-9-16(23)10-17(26-14)19(25)21-8-7-18(24)20(12-21,13-22)11-15-5-3-2-4-6-15/h2-6,9-10,18,22,24H,7-8,11-13H2,1H3/t18-,20+/m0/s1. The monoisotopic (exact) mass is 357 g/mol. The van der Waals surface area contributed by atoms with Crippen LogP contribution in [0, 0.1) is 12.3 Å². The molecular weight excluding hydrogens is 334 g/mol. The van der Waals surface area contributed by atoms with Crippen molar-refractivity contribution >= 4 is 5.91 Å². The summed E-state index contributed by atoms with van der Waals surface area (Å²) >= 11 is 0. The summed E-state index contributed by atoms with van der Waals surface area (Å²) in [4.78, 5) is 26.0. The Labute approximate surface area is 151 Å². The molecule has 1 amide bonds. The van der Waals surface area contributed by atoms with Crippen LogP contribution in [0.2, 0.25) is 0 Å². The van der Waals surface area contributed by atoms with Crippen molar-refractivity contribution in [3.63, 3.8) is 0 Å². The molecule has 0 saturated carbocycles. The minimum absolute atomic E-state index is 0.0158. The summed E-state index contributed by atoms with van der Waals surface area (Å²) in [5.74, 6) is -0.0443. The molecule has 3 rings (SSSR count). The number of aliphatic hydroxyl groups excluding tert-OH is 2. The maximum Gasteiger partial charge on any atom is 0.289 e. The number of hydrogen-bond acceptors (Lipinski definition) is 5. The third-order valence-electron chi connectivity index (χ3n) is 4.99. The fourth-order valence-corrected chi connectivity index (χ4v) is 3.57. The molecular formula is C20H23NO5. The smallest absolute Gasteiger partial charge is 0.289 e. The summed E-state index contributed by atoms with van der Waals surface area (Å²) in [7, 11) is 0. The van der Waals surface area contributed by atoms with Crippen LogP contribution in [0.4, 0.5) is 0 Å². The number of amides is 1. The summed E-state index contributed by atoms with van der Waals surface area (Å²) in [6, 6.07) is 12.1. The molecule has 2 N–H and O–H groups in total. The molecule has 6 nitrogen and oxygen atoms in total. The number of aliphatic hydroxyl groups is 2. The van der Waals surface area contributed by atoms with Gasteiger partial charge in [-0.05, 0) is 25.3 Å². The number of carbonyl (C=O) groups excluding carboxylic acids is 1. The molecule has 0 radical (unpaired) electrons. The van der Waals surface area contributed by atoms with Crippen molar-refractivity contribution in [3.8, 4) is 0 Å². The lowest BCUT2D eigenvalue weighted by Gasteiger charge is -2.45. The van der Waals surface area contributed by atoms with Gasteiger partial charge in [0.1, 0.15) is 5.76 Å². The van der Waals surface area contributed by atoms with Gasteiger partial charge in [-0.25, -0.2) is 0 Å². The van der Waals surface area contributed by atoms with Crippen LogP contribution in [-0.2, 0) is 6.42 Å². The highest BCUT2D eigenvalue weighted by atomic mass is 16.3. The average Bonchev–Trinajstić information content (AvgIpc) is 2.63.